The van der Waals surface area contributed by atoms with Crippen LogP contribution in [0.1, 0.15) is 75.2 Å². The van der Waals surface area contributed by atoms with Crippen molar-refractivity contribution in [3.8, 4) is 11.5 Å². The number of amides is 1. The first-order valence-corrected chi connectivity index (χ1v) is 12.8. The number of carbonyl (C=O) groups excluding carboxylic acids is 1. The first-order chi connectivity index (χ1) is 13.2. The van der Waals surface area contributed by atoms with Crippen LogP contribution in [0.25, 0.3) is 0 Å². The Morgan fingerprint density at radius 3 is 1.93 bits per heavy atom. The van der Waals surface area contributed by atoms with Crippen LogP contribution in [0.15, 0.2) is 12.7 Å². The number of alkyl halides is 2. The predicted octanol–water partition coefficient (Wildman–Crippen LogP) is 7.04. The summed E-state index contributed by atoms with van der Waals surface area (Å²) >= 11 is 0. The molecular weight excluding hydrogens is 388 g/mol. The lowest BCUT2D eigenvalue weighted by Gasteiger charge is -2.38. The third-order valence-corrected chi connectivity index (χ3v) is 11.7. The maximum absolute atomic E-state index is 13.8. The highest BCUT2D eigenvalue weighted by Crippen LogP contribution is 2.40. The van der Waals surface area contributed by atoms with E-state index in [-0.39, 0.29) is 13.0 Å². The molecular formula is C23H41F2NO2Si. The van der Waals surface area contributed by atoms with Crippen LogP contribution in [-0.2, 0) is 4.74 Å². The molecule has 0 heterocycles. The Balaban J connectivity index is 5.54. The molecule has 0 spiro atoms. The monoisotopic (exact) mass is 429 g/mol. The largest absolute Gasteiger partial charge is 0.444 e. The van der Waals surface area contributed by atoms with Crippen molar-refractivity contribution in [1.29, 1.82) is 0 Å². The van der Waals surface area contributed by atoms with Crippen LogP contribution in [0.3, 0.4) is 0 Å². The van der Waals surface area contributed by atoms with Gasteiger partial charge in [0.2, 0.25) is 0 Å². The zero-order chi connectivity index (χ0) is 23.0. The third kappa shape index (κ3) is 8.12. The molecule has 0 rings (SSSR count). The summed E-state index contributed by atoms with van der Waals surface area (Å²) in [5.41, 5.74) is 4.26. The van der Waals surface area contributed by atoms with Crippen LogP contribution in [0.5, 0.6) is 0 Å². The minimum Gasteiger partial charge on any atom is -0.444 e. The summed E-state index contributed by atoms with van der Waals surface area (Å²) in [4.78, 5) is 13.5. The number of carbonyl (C=O) groups is 1. The fourth-order valence-electron chi connectivity index (χ4n) is 4.09. The van der Waals surface area contributed by atoms with Gasteiger partial charge in [0.1, 0.15) is 13.7 Å². The second kappa shape index (κ2) is 11.7. The molecule has 1 atom stereocenters. The maximum atomic E-state index is 13.8. The number of rotatable bonds is 9. The van der Waals surface area contributed by atoms with Crippen molar-refractivity contribution in [2.45, 2.75) is 110 Å². The minimum absolute atomic E-state index is 0.0139. The number of ether oxygens (including phenoxy) is 1. The quantitative estimate of drug-likeness (QED) is 0.223. The fourth-order valence-corrected chi connectivity index (χ4v) is 9.39. The van der Waals surface area contributed by atoms with Gasteiger partial charge < -0.3 is 4.74 Å². The molecule has 0 saturated carbocycles. The normalized spacial score (nSPS) is 13.5. The Labute approximate surface area is 178 Å². The van der Waals surface area contributed by atoms with E-state index >= 15 is 0 Å². The molecule has 0 aliphatic carbocycles. The molecule has 0 aromatic carbocycles. The molecule has 0 aromatic rings. The molecule has 3 nitrogen and oxygen atoms in total. The van der Waals surface area contributed by atoms with Crippen LogP contribution in [0, 0.1) is 11.5 Å². The first kappa shape index (κ1) is 27.6. The lowest BCUT2D eigenvalue weighted by molar-refractivity contribution is -0.0129. The van der Waals surface area contributed by atoms with Gasteiger partial charge in [0.25, 0.3) is 6.43 Å². The topological polar surface area (TPSA) is 29.5 Å². The standard InChI is InChI=1S/C23H41F2NO2Si/c1-11-15-26(22(27)28-23(8,9)10)20(21(24)25)14-12-13-16-29(17(2)3,18(4)5)19(6)7/h11,17-21H,1,12,14-15H2,2-10H3. The van der Waals surface area contributed by atoms with E-state index < -0.39 is 32.2 Å². The second-order valence-corrected chi connectivity index (χ2v) is 15.1. The Kier molecular flexibility index (Phi) is 11.2. The number of nitrogens with zero attached hydrogens (tertiary/aromatic N) is 1. The average Bonchev–Trinajstić information content (AvgIpc) is 2.53. The zero-order valence-electron chi connectivity index (χ0n) is 19.8. The summed E-state index contributed by atoms with van der Waals surface area (Å²) in [5, 5.41) is 0. The Morgan fingerprint density at radius 1 is 1.10 bits per heavy atom. The van der Waals surface area contributed by atoms with E-state index in [0.717, 1.165) is 4.90 Å². The summed E-state index contributed by atoms with van der Waals surface area (Å²) < 4.78 is 32.9. The van der Waals surface area contributed by atoms with Crippen LogP contribution in [-0.4, -0.2) is 43.7 Å². The highest BCUT2D eigenvalue weighted by Gasteiger charge is 2.41. The van der Waals surface area contributed by atoms with Gasteiger partial charge >= 0.3 is 6.09 Å². The van der Waals surface area contributed by atoms with Gasteiger partial charge in [-0.25, -0.2) is 13.6 Å². The average molecular weight is 430 g/mol. The Morgan fingerprint density at radius 2 is 1.59 bits per heavy atom. The van der Waals surface area contributed by atoms with Crippen molar-refractivity contribution < 1.29 is 18.3 Å². The van der Waals surface area contributed by atoms with Crippen molar-refractivity contribution in [3.63, 3.8) is 0 Å². The molecule has 0 radical (unpaired) electrons. The summed E-state index contributed by atoms with van der Waals surface area (Å²) in [5.74, 6) is 3.21. The van der Waals surface area contributed by atoms with Gasteiger partial charge in [0.05, 0.1) is 6.04 Å². The molecule has 1 unspecified atom stereocenters. The summed E-state index contributed by atoms with van der Waals surface area (Å²) in [7, 11) is -1.89. The van der Waals surface area contributed by atoms with E-state index in [9.17, 15) is 13.6 Å². The second-order valence-electron chi connectivity index (χ2n) is 9.56. The molecule has 29 heavy (non-hydrogen) atoms. The van der Waals surface area contributed by atoms with Gasteiger partial charge in [-0.05, 0) is 43.8 Å². The molecule has 0 aliphatic rings. The summed E-state index contributed by atoms with van der Waals surface area (Å²) in [6, 6.07) is -1.25. The van der Waals surface area contributed by atoms with Gasteiger partial charge in [-0.15, -0.1) is 18.0 Å². The van der Waals surface area contributed by atoms with Crippen molar-refractivity contribution >= 4 is 14.2 Å². The van der Waals surface area contributed by atoms with E-state index in [1.54, 1.807) is 20.8 Å². The molecule has 0 bridgehead atoms. The summed E-state index contributed by atoms with van der Waals surface area (Å²) in [6.45, 7) is 22.1. The van der Waals surface area contributed by atoms with Gasteiger partial charge in [-0.3, -0.25) is 4.90 Å². The van der Waals surface area contributed by atoms with Crippen LogP contribution in [0.2, 0.25) is 16.6 Å². The SMILES string of the molecule is C=CCN(C(=O)OC(C)(C)C)C(CCC#C[Si](C(C)C)(C(C)C)C(C)C)C(F)F. The van der Waals surface area contributed by atoms with Crippen LogP contribution >= 0.6 is 0 Å². The van der Waals surface area contributed by atoms with Crippen LogP contribution < -0.4 is 0 Å². The molecule has 168 valence electrons. The Bertz CT molecular complexity index is 564. The predicted molar refractivity (Wildman–Crippen MR) is 121 cm³/mol. The lowest BCUT2D eigenvalue weighted by Crippen LogP contribution is -2.46. The maximum Gasteiger partial charge on any atom is 0.411 e. The van der Waals surface area contributed by atoms with E-state index in [4.69, 9.17) is 4.74 Å². The van der Waals surface area contributed by atoms with Crippen molar-refractivity contribution in [3.05, 3.63) is 12.7 Å². The van der Waals surface area contributed by atoms with Gasteiger partial charge in [0.15, 0.2) is 0 Å². The van der Waals surface area contributed by atoms with Crippen molar-refractivity contribution in [2.24, 2.45) is 0 Å². The molecule has 1 amide bonds. The van der Waals surface area contributed by atoms with Gasteiger partial charge in [-0.1, -0.05) is 47.6 Å². The van der Waals surface area contributed by atoms with E-state index in [1.165, 1.54) is 6.08 Å². The molecule has 0 aromatic heterocycles. The van der Waals surface area contributed by atoms with E-state index in [2.05, 4.69) is 59.6 Å². The minimum atomic E-state index is -2.67. The molecule has 6 heteroatoms. The molecule has 0 aliphatic heterocycles. The number of hydrogen-bond acceptors (Lipinski definition) is 2. The molecule has 0 saturated heterocycles. The highest BCUT2D eigenvalue weighted by atomic mass is 28.3. The van der Waals surface area contributed by atoms with Gasteiger partial charge in [0, 0.05) is 13.0 Å². The smallest absolute Gasteiger partial charge is 0.411 e. The third-order valence-electron chi connectivity index (χ3n) is 5.38. The number of halogens is 2. The highest BCUT2D eigenvalue weighted by molar-refractivity contribution is 6.90. The van der Waals surface area contributed by atoms with Crippen LogP contribution in [0.4, 0.5) is 13.6 Å². The fraction of sp³-hybridized carbons (Fsp3) is 0.783. The molecule has 0 N–H and O–H groups in total. The summed E-state index contributed by atoms with van der Waals surface area (Å²) in [6.07, 6.45) is -1.54. The number of hydrogen-bond donors (Lipinski definition) is 0. The van der Waals surface area contributed by atoms with Crippen molar-refractivity contribution in [2.75, 3.05) is 6.54 Å². The van der Waals surface area contributed by atoms with E-state index in [0.29, 0.717) is 23.0 Å². The molecule has 0 fully saturated rings. The first-order valence-electron chi connectivity index (χ1n) is 10.6. The Hall–Kier alpha value is -1.35. The van der Waals surface area contributed by atoms with Gasteiger partial charge in [-0.2, -0.15) is 0 Å². The lowest BCUT2D eigenvalue weighted by atomic mass is 10.1. The van der Waals surface area contributed by atoms with Crippen molar-refractivity contribution in [1.82, 2.24) is 4.90 Å². The van der Waals surface area contributed by atoms with E-state index in [1.807, 2.05) is 0 Å². The zero-order valence-corrected chi connectivity index (χ0v) is 20.8.